The second-order valence-electron chi connectivity index (χ2n) is 10.0. The number of nitrogens with zero attached hydrogens (tertiary/aromatic N) is 3. The highest BCUT2D eigenvalue weighted by Gasteiger charge is 2.20. The van der Waals surface area contributed by atoms with Crippen molar-refractivity contribution in [2.24, 2.45) is 0 Å². The van der Waals surface area contributed by atoms with E-state index < -0.39 is 0 Å². The maximum atomic E-state index is 10.1. The van der Waals surface area contributed by atoms with Crippen LogP contribution in [0.15, 0.2) is 144 Å². The summed E-state index contributed by atoms with van der Waals surface area (Å²) in [6.45, 7) is 0. The van der Waals surface area contributed by atoms with Crippen LogP contribution in [0.25, 0.3) is 33.1 Å². The highest BCUT2D eigenvalue weighted by atomic mass is 16.5. The average molecular weight is 554 g/mol. The molecule has 0 spiro atoms. The number of ether oxygens (including phenoxy) is 1. The number of benzene rings is 6. The fraction of sp³-hybridized carbons (Fsp3) is 0. The van der Waals surface area contributed by atoms with Crippen LogP contribution in [0.1, 0.15) is 11.1 Å². The van der Waals surface area contributed by atoms with Crippen molar-refractivity contribution in [1.82, 2.24) is 0 Å². The Bertz CT molecular complexity index is 2170. The molecule has 5 heteroatoms. The van der Waals surface area contributed by atoms with E-state index in [0.717, 1.165) is 55.9 Å². The molecule has 43 heavy (non-hydrogen) atoms. The van der Waals surface area contributed by atoms with Crippen LogP contribution in [0.3, 0.4) is 0 Å². The van der Waals surface area contributed by atoms with E-state index in [1.54, 1.807) is 12.1 Å². The Morgan fingerprint density at radius 3 is 1.93 bits per heavy atom. The Balaban J connectivity index is 1.28. The fourth-order valence-electron chi connectivity index (χ4n) is 5.36. The zero-order chi connectivity index (χ0) is 29.2. The van der Waals surface area contributed by atoms with Gasteiger partial charge in [-0.1, -0.05) is 66.7 Å². The topological polar surface area (TPSA) is 73.2 Å². The lowest BCUT2D eigenvalue weighted by atomic mass is 10.0. The smallest absolute Gasteiger partial charge is 0.137 e. The van der Waals surface area contributed by atoms with Crippen molar-refractivity contribution in [2.45, 2.75) is 0 Å². The van der Waals surface area contributed by atoms with Gasteiger partial charge in [0, 0.05) is 28.2 Å². The van der Waals surface area contributed by atoms with Gasteiger partial charge in [0.25, 0.3) is 0 Å². The van der Waals surface area contributed by atoms with E-state index in [9.17, 15) is 10.5 Å². The number of fused-ring (bicyclic) bond motifs is 3. The molecule has 5 nitrogen and oxygen atoms in total. The minimum Gasteiger partial charge on any atom is -0.457 e. The Morgan fingerprint density at radius 1 is 0.535 bits per heavy atom. The third kappa shape index (κ3) is 4.82. The van der Waals surface area contributed by atoms with Gasteiger partial charge in [-0.15, -0.1) is 0 Å². The van der Waals surface area contributed by atoms with Crippen molar-refractivity contribution in [1.29, 1.82) is 10.5 Å². The number of nitriles is 2. The summed E-state index contributed by atoms with van der Waals surface area (Å²) in [6.07, 6.45) is 0. The molecule has 0 aliphatic carbocycles. The van der Waals surface area contributed by atoms with Gasteiger partial charge < -0.3 is 14.1 Å². The number of rotatable bonds is 6. The molecule has 0 aliphatic heterocycles. The Kier molecular flexibility index (Phi) is 6.52. The molecule has 0 saturated heterocycles. The summed E-state index contributed by atoms with van der Waals surface area (Å²) in [4.78, 5) is 1.99. The number of anilines is 3. The van der Waals surface area contributed by atoms with Crippen LogP contribution in [0, 0.1) is 22.7 Å². The molecule has 6 aromatic carbocycles. The molecule has 0 radical (unpaired) electrons. The summed E-state index contributed by atoms with van der Waals surface area (Å²) in [5.41, 5.74) is 6.55. The Labute approximate surface area is 248 Å². The van der Waals surface area contributed by atoms with Crippen LogP contribution in [-0.2, 0) is 0 Å². The first-order chi connectivity index (χ1) is 21.2. The lowest BCUT2D eigenvalue weighted by Gasteiger charge is -2.26. The van der Waals surface area contributed by atoms with E-state index in [1.165, 1.54) is 0 Å². The monoisotopic (exact) mass is 553 g/mol. The molecule has 7 aromatic rings. The van der Waals surface area contributed by atoms with E-state index >= 15 is 0 Å². The Hall–Kier alpha value is -6.30. The van der Waals surface area contributed by atoms with E-state index in [1.807, 2.05) is 120 Å². The molecular weight excluding hydrogens is 530 g/mol. The maximum Gasteiger partial charge on any atom is 0.137 e. The highest BCUT2D eigenvalue weighted by Crippen LogP contribution is 2.41. The van der Waals surface area contributed by atoms with E-state index in [-0.39, 0.29) is 0 Å². The van der Waals surface area contributed by atoms with Crippen LogP contribution < -0.4 is 9.64 Å². The van der Waals surface area contributed by atoms with Gasteiger partial charge in [-0.2, -0.15) is 10.5 Å². The highest BCUT2D eigenvalue weighted by molar-refractivity contribution is 6.06. The van der Waals surface area contributed by atoms with E-state index in [0.29, 0.717) is 16.8 Å². The van der Waals surface area contributed by atoms with Crippen LogP contribution in [0.5, 0.6) is 11.5 Å². The van der Waals surface area contributed by atoms with E-state index in [4.69, 9.17) is 9.15 Å². The molecule has 0 N–H and O–H groups in total. The van der Waals surface area contributed by atoms with Crippen LogP contribution in [0.4, 0.5) is 17.1 Å². The first-order valence-corrected chi connectivity index (χ1v) is 13.8. The molecule has 0 atom stereocenters. The molecule has 7 rings (SSSR count). The average Bonchev–Trinajstić information content (AvgIpc) is 3.44. The van der Waals surface area contributed by atoms with Crippen molar-refractivity contribution in [3.8, 4) is 34.8 Å². The van der Waals surface area contributed by atoms with Crippen molar-refractivity contribution < 1.29 is 9.15 Å². The van der Waals surface area contributed by atoms with Crippen molar-refractivity contribution in [3.05, 3.63) is 151 Å². The summed E-state index contributed by atoms with van der Waals surface area (Å²) >= 11 is 0. The van der Waals surface area contributed by atoms with Crippen LogP contribution >= 0.6 is 0 Å². The number of furan rings is 1. The molecule has 0 amide bonds. The summed E-state index contributed by atoms with van der Waals surface area (Å²) in [5.74, 6) is 1.55. The molecule has 0 bridgehead atoms. The number of hydrogen-bond donors (Lipinski definition) is 0. The Morgan fingerprint density at radius 2 is 1.19 bits per heavy atom. The van der Waals surface area contributed by atoms with Gasteiger partial charge in [-0.25, -0.2) is 0 Å². The van der Waals surface area contributed by atoms with Crippen molar-refractivity contribution >= 4 is 39.0 Å². The van der Waals surface area contributed by atoms with Gasteiger partial charge in [0.1, 0.15) is 34.8 Å². The van der Waals surface area contributed by atoms with Gasteiger partial charge in [-0.05, 0) is 77.9 Å². The van der Waals surface area contributed by atoms with Gasteiger partial charge in [-0.3, -0.25) is 0 Å². The molecule has 0 unspecified atom stereocenters. The summed E-state index contributed by atoms with van der Waals surface area (Å²) in [7, 11) is 0. The van der Waals surface area contributed by atoms with Gasteiger partial charge in [0.15, 0.2) is 0 Å². The molecule has 202 valence electrons. The number of hydrogen-bond acceptors (Lipinski definition) is 5. The summed E-state index contributed by atoms with van der Waals surface area (Å²) in [6, 6.07) is 49.5. The summed E-state index contributed by atoms with van der Waals surface area (Å²) in [5, 5.41) is 21.9. The zero-order valence-electron chi connectivity index (χ0n) is 22.9. The van der Waals surface area contributed by atoms with Crippen LogP contribution in [0.2, 0.25) is 0 Å². The predicted octanol–water partition coefficient (Wildman–Crippen LogP) is 10.3. The zero-order valence-corrected chi connectivity index (χ0v) is 22.9. The first-order valence-electron chi connectivity index (χ1n) is 13.8. The third-order valence-corrected chi connectivity index (χ3v) is 7.43. The quantitative estimate of drug-likeness (QED) is 0.205. The molecule has 1 aromatic heterocycles. The van der Waals surface area contributed by atoms with Gasteiger partial charge in [0.2, 0.25) is 0 Å². The molecular formula is C38H23N3O2. The van der Waals surface area contributed by atoms with Gasteiger partial charge in [0.05, 0.1) is 16.8 Å². The SMILES string of the molecule is N#Cc1cccc(N(c2ccc(-c3ccc(Oc4ccccc4)cc3)cc2)c2ccc3c(c2)oc2ccccc23)c1C#N. The second-order valence-corrected chi connectivity index (χ2v) is 10.0. The lowest BCUT2D eigenvalue weighted by Crippen LogP contribution is -2.12. The fourth-order valence-corrected chi connectivity index (χ4v) is 5.36. The number of para-hydroxylation sites is 2. The molecule has 0 fully saturated rings. The third-order valence-electron chi connectivity index (χ3n) is 7.43. The van der Waals surface area contributed by atoms with Crippen LogP contribution in [-0.4, -0.2) is 0 Å². The summed E-state index contributed by atoms with van der Waals surface area (Å²) < 4.78 is 12.1. The standard InChI is InChI=1S/C38H23N3O2/c39-24-28-7-6-11-36(35(28)25-40)41(30-19-22-34-33-10-4-5-12-37(33)43-38(34)23-30)29-17-13-26(14-18-29)27-15-20-32(21-16-27)42-31-8-2-1-3-9-31/h1-23H. The second kappa shape index (κ2) is 10.9. The maximum absolute atomic E-state index is 10.1. The first kappa shape index (κ1) is 25.7. The van der Waals surface area contributed by atoms with E-state index in [2.05, 4.69) is 24.3 Å². The minimum atomic E-state index is 0.313. The lowest BCUT2D eigenvalue weighted by molar-refractivity contribution is 0.483. The van der Waals surface area contributed by atoms with Crippen molar-refractivity contribution in [3.63, 3.8) is 0 Å². The molecule has 0 aliphatic rings. The normalized spacial score (nSPS) is 10.7. The van der Waals surface area contributed by atoms with Gasteiger partial charge >= 0.3 is 0 Å². The largest absolute Gasteiger partial charge is 0.457 e. The van der Waals surface area contributed by atoms with Crippen molar-refractivity contribution in [2.75, 3.05) is 4.90 Å². The molecule has 1 heterocycles. The predicted molar refractivity (Wildman–Crippen MR) is 170 cm³/mol. The minimum absolute atomic E-state index is 0.313. The molecule has 0 saturated carbocycles.